The van der Waals surface area contributed by atoms with Crippen molar-refractivity contribution in [3.8, 4) is 0 Å². The van der Waals surface area contributed by atoms with Crippen molar-refractivity contribution in [2.75, 3.05) is 6.54 Å². The van der Waals surface area contributed by atoms with Crippen LogP contribution in [0.5, 0.6) is 0 Å². The molecule has 1 fully saturated rings. The summed E-state index contributed by atoms with van der Waals surface area (Å²) in [5, 5.41) is 4.47. The lowest BCUT2D eigenvalue weighted by atomic mass is 10.2. The largest absolute Gasteiger partial charge is 0.351 e. The molecule has 1 N–H and O–H groups in total. The maximum Gasteiger partial charge on any atom is 0.273 e. The predicted molar refractivity (Wildman–Crippen MR) is 84.7 cm³/mol. The van der Waals surface area contributed by atoms with Crippen LogP contribution in [0.2, 0.25) is 0 Å². The number of hydrogen-bond acceptors (Lipinski definition) is 6. The van der Waals surface area contributed by atoms with Crippen LogP contribution in [0.25, 0.3) is 0 Å². The van der Waals surface area contributed by atoms with Gasteiger partial charge in [-0.15, -0.1) is 11.3 Å². The van der Waals surface area contributed by atoms with Gasteiger partial charge in [0.25, 0.3) is 5.91 Å². The zero-order chi connectivity index (χ0) is 16.2. The predicted octanol–water partition coefficient (Wildman–Crippen LogP) is 1.55. The van der Waals surface area contributed by atoms with E-state index in [9.17, 15) is 9.59 Å². The Labute approximate surface area is 137 Å². The zero-order valence-corrected chi connectivity index (χ0v) is 13.5. The molecule has 0 bridgehead atoms. The molecule has 1 aliphatic heterocycles. The molecule has 0 saturated carbocycles. The van der Waals surface area contributed by atoms with E-state index in [2.05, 4.69) is 20.3 Å². The molecule has 120 valence electrons. The Morgan fingerprint density at radius 3 is 3.04 bits per heavy atom. The van der Waals surface area contributed by atoms with Crippen LogP contribution in [0, 0.1) is 0 Å². The Bertz CT molecular complexity index is 704. The van der Waals surface area contributed by atoms with Gasteiger partial charge in [-0.05, 0) is 18.9 Å². The van der Waals surface area contributed by atoms with E-state index in [-0.39, 0.29) is 17.9 Å². The van der Waals surface area contributed by atoms with Gasteiger partial charge in [0.15, 0.2) is 5.82 Å². The molecule has 0 spiro atoms. The first-order chi connectivity index (χ1) is 11.1. The van der Waals surface area contributed by atoms with Crippen LogP contribution >= 0.6 is 11.3 Å². The lowest BCUT2D eigenvalue weighted by Crippen LogP contribution is -2.32. The van der Waals surface area contributed by atoms with Crippen molar-refractivity contribution in [1.29, 1.82) is 0 Å². The van der Waals surface area contributed by atoms with E-state index < -0.39 is 0 Å². The summed E-state index contributed by atoms with van der Waals surface area (Å²) in [4.78, 5) is 38.3. The molecule has 7 nitrogen and oxygen atoms in total. The fourth-order valence-corrected chi connectivity index (χ4v) is 3.16. The second kappa shape index (κ2) is 6.82. The van der Waals surface area contributed by atoms with Crippen LogP contribution in [0.4, 0.5) is 0 Å². The van der Waals surface area contributed by atoms with Crippen molar-refractivity contribution in [2.45, 2.75) is 32.4 Å². The molecule has 0 radical (unpaired) electrons. The van der Waals surface area contributed by atoms with Crippen molar-refractivity contribution in [1.82, 2.24) is 25.2 Å². The van der Waals surface area contributed by atoms with E-state index in [0.29, 0.717) is 24.6 Å². The summed E-state index contributed by atoms with van der Waals surface area (Å²) in [6, 6.07) is 1.63. The van der Waals surface area contributed by atoms with Gasteiger partial charge in [0.1, 0.15) is 5.69 Å². The number of hydrogen-bond donors (Lipinski definition) is 1. The summed E-state index contributed by atoms with van der Waals surface area (Å²) in [6.45, 7) is 2.51. The fourth-order valence-electron chi connectivity index (χ4n) is 2.63. The van der Waals surface area contributed by atoms with Gasteiger partial charge in [0, 0.05) is 25.0 Å². The molecule has 1 atom stereocenters. The van der Waals surface area contributed by atoms with Gasteiger partial charge < -0.3 is 10.2 Å². The number of thiazole rings is 1. The first kappa shape index (κ1) is 15.5. The van der Waals surface area contributed by atoms with Gasteiger partial charge in [-0.2, -0.15) is 0 Å². The van der Waals surface area contributed by atoms with Crippen LogP contribution in [-0.2, 0) is 11.3 Å². The third-order valence-corrected chi connectivity index (χ3v) is 4.30. The number of likely N-dealkylation sites (tertiary alicyclic amines) is 1. The van der Waals surface area contributed by atoms with E-state index >= 15 is 0 Å². The summed E-state index contributed by atoms with van der Waals surface area (Å²) >= 11 is 1.41. The molecule has 2 aromatic rings. The van der Waals surface area contributed by atoms with Crippen molar-refractivity contribution in [2.24, 2.45) is 0 Å². The minimum absolute atomic E-state index is 0.0791. The SMILES string of the molecule is CC(=O)NCc1ccnc(C2CCCN2C(=O)c2cscn2)n1. The molecule has 1 aliphatic rings. The van der Waals surface area contributed by atoms with Crippen LogP contribution in [-0.4, -0.2) is 38.2 Å². The van der Waals surface area contributed by atoms with Crippen LogP contribution in [0.15, 0.2) is 23.2 Å². The highest BCUT2D eigenvalue weighted by Gasteiger charge is 2.33. The Balaban J connectivity index is 1.78. The highest BCUT2D eigenvalue weighted by molar-refractivity contribution is 7.07. The van der Waals surface area contributed by atoms with E-state index in [0.717, 1.165) is 18.5 Å². The third-order valence-electron chi connectivity index (χ3n) is 3.71. The number of aromatic nitrogens is 3. The van der Waals surface area contributed by atoms with Crippen molar-refractivity contribution in [3.63, 3.8) is 0 Å². The van der Waals surface area contributed by atoms with Crippen molar-refractivity contribution in [3.05, 3.63) is 40.4 Å². The number of amides is 2. The minimum Gasteiger partial charge on any atom is -0.351 e. The number of nitrogens with zero attached hydrogens (tertiary/aromatic N) is 4. The van der Waals surface area contributed by atoms with Gasteiger partial charge >= 0.3 is 0 Å². The molecule has 3 rings (SSSR count). The molecule has 1 unspecified atom stereocenters. The monoisotopic (exact) mass is 331 g/mol. The Morgan fingerprint density at radius 1 is 1.43 bits per heavy atom. The van der Waals surface area contributed by atoms with E-state index in [1.807, 2.05) is 0 Å². The second-order valence-electron chi connectivity index (χ2n) is 5.35. The number of rotatable bonds is 4. The molecule has 0 aromatic carbocycles. The molecule has 0 aliphatic carbocycles. The van der Waals surface area contributed by atoms with Crippen molar-refractivity contribution >= 4 is 23.2 Å². The van der Waals surface area contributed by atoms with Crippen LogP contribution < -0.4 is 5.32 Å². The lowest BCUT2D eigenvalue weighted by molar-refractivity contribution is -0.119. The molecule has 2 amide bonds. The smallest absolute Gasteiger partial charge is 0.273 e. The van der Waals surface area contributed by atoms with E-state index in [4.69, 9.17) is 0 Å². The molecular formula is C15H17N5O2S. The fraction of sp³-hybridized carbons (Fsp3) is 0.400. The van der Waals surface area contributed by atoms with Crippen LogP contribution in [0.3, 0.4) is 0 Å². The highest BCUT2D eigenvalue weighted by Crippen LogP contribution is 2.31. The second-order valence-corrected chi connectivity index (χ2v) is 6.06. The normalized spacial score (nSPS) is 17.3. The summed E-state index contributed by atoms with van der Waals surface area (Å²) in [5.41, 5.74) is 2.86. The first-order valence-electron chi connectivity index (χ1n) is 7.40. The summed E-state index contributed by atoms with van der Waals surface area (Å²) in [6.07, 6.45) is 3.42. The Kier molecular flexibility index (Phi) is 4.61. The molecular weight excluding hydrogens is 314 g/mol. The van der Waals surface area contributed by atoms with Gasteiger partial charge in [0.05, 0.1) is 23.8 Å². The molecule has 3 heterocycles. The highest BCUT2D eigenvalue weighted by atomic mass is 32.1. The van der Waals surface area contributed by atoms with E-state index in [1.165, 1.54) is 18.3 Å². The third kappa shape index (κ3) is 3.53. The Hall–Kier alpha value is -2.35. The molecule has 2 aromatic heterocycles. The van der Waals surface area contributed by atoms with Crippen molar-refractivity contribution < 1.29 is 9.59 Å². The molecule has 23 heavy (non-hydrogen) atoms. The van der Waals surface area contributed by atoms with Gasteiger partial charge in [0.2, 0.25) is 5.91 Å². The number of carbonyl (C=O) groups is 2. The van der Waals surface area contributed by atoms with E-state index in [1.54, 1.807) is 28.1 Å². The summed E-state index contributed by atoms with van der Waals surface area (Å²) < 4.78 is 0. The van der Waals surface area contributed by atoms with Gasteiger partial charge in [-0.1, -0.05) is 0 Å². The lowest BCUT2D eigenvalue weighted by Gasteiger charge is -2.23. The molecule has 8 heteroatoms. The van der Waals surface area contributed by atoms with Crippen LogP contribution in [0.1, 0.15) is 47.8 Å². The maximum atomic E-state index is 12.5. The molecule has 1 saturated heterocycles. The Morgan fingerprint density at radius 2 is 2.30 bits per heavy atom. The summed E-state index contributed by atoms with van der Waals surface area (Å²) in [5.74, 6) is 0.435. The van der Waals surface area contributed by atoms with Gasteiger partial charge in [-0.3, -0.25) is 9.59 Å². The average molecular weight is 331 g/mol. The average Bonchev–Trinajstić information content (AvgIpc) is 3.23. The maximum absolute atomic E-state index is 12.5. The standard InChI is InChI=1S/C15H17N5O2S/c1-10(21)17-7-11-4-5-16-14(19-11)13-3-2-6-20(13)15(22)12-8-23-9-18-12/h4-5,8-9,13H,2-3,6-7H2,1H3,(H,17,21). The minimum atomic E-state index is -0.138. The van der Waals surface area contributed by atoms with Gasteiger partial charge in [-0.25, -0.2) is 15.0 Å². The summed E-state index contributed by atoms with van der Waals surface area (Å²) in [7, 11) is 0. The first-order valence-corrected chi connectivity index (χ1v) is 8.35. The zero-order valence-electron chi connectivity index (χ0n) is 12.7. The quantitative estimate of drug-likeness (QED) is 0.918. The topological polar surface area (TPSA) is 88.1 Å². The number of carbonyl (C=O) groups excluding carboxylic acids is 2. The number of nitrogens with one attached hydrogen (secondary N) is 1.